The maximum atomic E-state index is 9.96. The molecular weight excluding hydrogens is 258 g/mol. The minimum atomic E-state index is -0.823. The maximum Gasteiger partial charge on any atom is 0.132 e. The Hall–Kier alpha value is -0.960. The fourth-order valence-electron chi connectivity index (χ4n) is 1.29. The van der Waals surface area contributed by atoms with Gasteiger partial charge in [0.2, 0.25) is 0 Å². The number of halogens is 1. The molecule has 1 rings (SSSR count). The normalized spacial score (nSPS) is 13.8. The summed E-state index contributed by atoms with van der Waals surface area (Å²) in [5.41, 5.74) is -0.382. The molecule has 0 radical (unpaired) electrons. The Bertz CT molecular complexity index is 431. The van der Waals surface area contributed by atoms with Crippen LogP contribution in [0.4, 0.5) is 5.82 Å². The average molecular weight is 272 g/mol. The fourth-order valence-corrected chi connectivity index (χ4v) is 2.23. The summed E-state index contributed by atoms with van der Waals surface area (Å²) in [5.74, 6) is 1.11. The number of nitriles is 1. The highest BCUT2D eigenvalue weighted by Gasteiger charge is 2.19. The number of nitrogens with zero attached hydrogens (tertiary/aromatic N) is 2. The van der Waals surface area contributed by atoms with Gasteiger partial charge in [-0.1, -0.05) is 11.6 Å². The van der Waals surface area contributed by atoms with Crippen molar-refractivity contribution in [2.75, 3.05) is 23.9 Å². The zero-order chi connectivity index (χ0) is 12.9. The van der Waals surface area contributed by atoms with Gasteiger partial charge in [-0.2, -0.15) is 17.0 Å². The van der Waals surface area contributed by atoms with E-state index in [9.17, 15) is 5.11 Å². The molecule has 0 spiro atoms. The number of aromatic nitrogens is 1. The summed E-state index contributed by atoms with van der Waals surface area (Å²) in [6, 6.07) is 5.09. The van der Waals surface area contributed by atoms with Crippen LogP contribution in [-0.4, -0.2) is 34.2 Å². The van der Waals surface area contributed by atoms with Gasteiger partial charge in [0.05, 0.1) is 17.2 Å². The smallest absolute Gasteiger partial charge is 0.132 e. The SMILES string of the molecule is CSCC(C)(O)CNc1cc(C#N)cc(Cl)n1. The largest absolute Gasteiger partial charge is 0.387 e. The Morgan fingerprint density at radius 3 is 2.94 bits per heavy atom. The van der Waals surface area contributed by atoms with E-state index in [1.807, 2.05) is 12.3 Å². The van der Waals surface area contributed by atoms with Crippen molar-refractivity contribution in [3.63, 3.8) is 0 Å². The first kappa shape index (κ1) is 14.1. The zero-order valence-corrected chi connectivity index (χ0v) is 11.3. The van der Waals surface area contributed by atoms with E-state index in [0.29, 0.717) is 23.7 Å². The first-order valence-electron chi connectivity index (χ1n) is 5.00. The van der Waals surface area contributed by atoms with Crippen LogP contribution >= 0.6 is 23.4 Å². The van der Waals surface area contributed by atoms with E-state index in [1.54, 1.807) is 24.8 Å². The lowest BCUT2D eigenvalue weighted by Gasteiger charge is -2.22. The van der Waals surface area contributed by atoms with Gasteiger partial charge in [0.1, 0.15) is 11.0 Å². The number of hydrogen-bond acceptors (Lipinski definition) is 5. The van der Waals surface area contributed by atoms with Gasteiger partial charge in [0.15, 0.2) is 0 Å². The van der Waals surface area contributed by atoms with E-state index in [2.05, 4.69) is 10.3 Å². The lowest BCUT2D eigenvalue weighted by Crippen LogP contribution is -2.36. The first-order chi connectivity index (χ1) is 7.96. The highest BCUT2D eigenvalue weighted by Crippen LogP contribution is 2.16. The van der Waals surface area contributed by atoms with Crippen LogP contribution in [0.25, 0.3) is 0 Å². The number of thioether (sulfide) groups is 1. The molecule has 1 unspecified atom stereocenters. The molecule has 0 fully saturated rings. The molecule has 6 heteroatoms. The van der Waals surface area contributed by atoms with Gasteiger partial charge in [-0.15, -0.1) is 0 Å². The van der Waals surface area contributed by atoms with Gasteiger partial charge in [-0.25, -0.2) is 4.98 Å². The third kappa shape index (κ3) is 4.82. The predicted molar refractivity (Wildman–Crippen MR) is 71.5 cm³/mol. The molecule has 0 saturated carbocycles. The number of aliphatic hydroxyl groups is 1. The summed E-state index contributed by atoms with van der Waals surface area (Å²) in [7, 11) is 0. The lowest BCUT2D eigenvalue weighted by molar-refractivity contribution is 0.0996. The standard InChI is InChI=1S/C11H14ClN3OS/c1-11(16,7-17-2)6-14-10-4-8(5-13)3-9(12)15-10/h3-4,16H,6-7H2,1-2H3,(H,14,15). The molecule has 1 atom stereocenters. The Morgan fingerprint density at radius 1 is 1.65 bits per heavy atom. The van der Waals surface area contributed by atoms with Crippen LogP contribution in [0, 0.1) is 11.3 Å². The number of pyridine rings is 1. The van der Waals surface area contributed by atoms with Crippen LogP contribution in [0.3, 0.4) is 0 Å². The predicted octanol–water partition coefficient (Wildman–Crippen LogP) is 2.13. The summed E-state index contributed by atoms with van der Waals surface area (Å²) >= 11 is 7.34. The van der Waals surface area contributed by atoms with Crippen molar-refractivity contribution in [1.29, 1.82) is 5.26 Å². The molecule has 1 heterocycles. The molecule has 17 heavy (non-hydrogen) atoms. The van der Waals surface area contributed by atoms with E-state index in [1.165, 1.54) is 6.07 Å². The molecule has 0 aliphatic rings. The van der Waals surface area contributed by atoms with E-state index in [-0.39, 0.29) is 5.15 Å². The summed E-state index contributed by atoms with van der Waals surface area (Å²) < 4.78 is 0. The Labute approximate surface area is 110 Å². The number of anilines is 1. The molecule has 0 aromatic carbocycles. The van der Waals surface area contributed by atoms with Crippen LogP contribution in [0.15, 0.2) is 12.1 Å². The van der Waals surface area contributed by atoms with Crippen LogP contribution in [0.1, 0.15) is 12.5 Å². The topological polar surface area (TPSA) is 68.9 Å². The quantitative estimate of drug-likeness (QED) is 0.803. The van der Waals surface area contributed by atoms with Gasteiger partial charge in [-0.05, 0) is 25.3 Å². The monoisotopic (exact) mass is 271 g/mol. The molecule has 1 aromatic rings. The van der Waals surface area contributed by atoms with Crippen molar-refractivity contribution in [2.24, 2.45) is 0 Å². The highest BCUT2D eigenvalue weighted by atomic mass is 35.5. The number of nitrogens with one attached hydrogen (secondary N) is 1. The van der Waals surface area contributed by atoms with E-state index >= 15 is 0 Å². The number of hydrogen-bond donors (Lipinski definition) is 2. The molecule has 0 saturated heterocycles. The van der Waals surface area contributed by atoms with Gasteiger partial charge in [0.25, 0.3) is 0 Å². The molecular formula is C11H14ClN3OS. The third-order valence-corrected chi connectivity index (χ3v) is 3.13. The fraction of sp³-hybridized carbons (Fsp3) is 0.455. The Morgan fingerprint density at radius 2 is 2.35 bits per heavy atom. The molecule has 2 N–H and O–H groups in total. The van der Waals surface area contributed by atoms with Crippen LogP contribution in [-0.2, 0) is 0 Å². The van der Waals surface area contributed by atoms with Crippen molar-refractivity contribution in [3.8, 4) is 6.07 Å². The van der Waals surface area contributed by atoms with Gasteiger partial charge >= 0.3 is 0 Å². The van der Waals surface area contributed by atoms with Gasteiger partial charge in [-0.3, -0.25) is 0 Å². The average Bonchev–Trinajstić information content (AvgIpc) is 2.26. The molecule has 0 aliphatic carbocycles. The molecule has 1 aromatic heterocycles. The van der Waals surface area contributed by atoms with E-state index < -0.39 is 5.60 Å². The summed E-state index contributed by atoms with van der Waals surface area (Å²) in [4.78, 5) is 4.03. The lowest BCUT2D eigenvalue weighted by atomic mass is 10.1. The van der Waals surface area contributed by atoms with Gasteiger partial charge < -0.3 is 10.4 Å². The summed E-state index contributed by atoms with van der Waals surface area (Å²) in [6.45, 7) is 2.10. The second kappa shape index (κ2) is 6.10. The molecule has 92 valence electrons. The van der Waals surface area contributed by atoms with E-state index in [0.717, 1.165) is 0 Å². The zero-order valence-electron chi connectivity index (χ0n) is 9.70. The summed E-state index contributed by atoms with van der Waals surface area (Å²) in [6.07, 6.45) is 1.93. The maximum absolute atomic E-state index is 9.96. The minimum absolute atomic E-state index is 0.260. The second-order valence-electron chi connectivity index (χ2n) is 3.96. The highest BCUT2D eigenvalue weighted by molar-refractivity contribution is 7.98. The second-order valence-corrected chi connectivity index (χ2v) is 5.21. The Balaban J connectivity index is 2.70. The van der Waals surface area contributed by atoms with Crippen LogP contribution < -0.4 is 5.32 Å². The van der Waals surface area contributed by atoms with Crippen molar-refractivity contribution in [3.05, 3.63) is 22.8 Å². The van der Waals surface area contributed by atoms with Crippen molar-refractivity contribution in [1.82, 2.24) is 4.98 Å². The van der Waals surface area contributed by atoms with Gasteiger partial charge in [0, 0.05) is 12.3 Å². The van der Waals surface area contributed by atoms with Crippen molar-refractivity contribution in [2.45, 2.75) is 12.5 Å². The Kier molecular flexibility index (Phi) is 5.06. The summed E-state index contributed by atoms with van der Waals surface area (Å²) in [5, 5.41) is 22.0. The van der Waals surface area contributed by atoms with Crippen LogP contribution in [0.5, 0.6) is 0 Å². The number of rotatable bonds is 5. The third-order valence-electron chi connectivity index (χ3n) is 2.03. The van der Waals surface area contributed by atoms with Crippen molar-refractivity contribution >= 4 is 29.2 Å². The first-order valence-corrected chi connectivity index (χ1v) is 6.77. The van der Waals surface area contributed by atoms with Crippen LogP contribution in [0.2, 0.25) is 5.15 Å². The molecule has 4 nitrogen and oxygen atoms in total. The van der Waals surface area contributed by atoms with Crippen molar-refractivity contribution < 1.29 is 5.11 Å². The minimum Gasteiger partial charge on any atom is -0.387 e. The van der Waals surface area contributed by atoms with E-state index in [4.69, 9.17) is 16.9 Å². The molecule has 0 bridgehead atoms. The molecule has 0 aliphatic heterocycles. The molecule has 0 amide bonds.